The average molecular weight is 362 g/mol. The van der Waals surface area contributed by atoms with Crippen molar-refractivity contribution in [3.63, 3.8) is 0 Å². The number of piperidine rings is 1. The monoisotopic (exact) mass is 362 g/mol. The quantitative estimate of drug-likeness (QED) is 0.570. The molecule has 1 aromatic rings. The minimum atomic E-state index is -0.286. The molecule has 1 atom stereocenters. The van der Waals surface area contributed by atoms with Gasteiger partial charge in [-0.05, 0) is 44.9 Å². The Labute approximate surface area is 153 Å². The van der Waals surface area contributed by atoms with Crippen molar-refractivity contribution >= 4 is 23.9 Å². The molecule has 1 saturated heterocycles. The molecule has 0 aliphatic carbocycles. The molecule has 1 aromatic heterocycles. The summed E-state index contributed by atoms with van der Waals surface area (Å²) in [6.07, 6.45) is 4.43. The van der Waals surface area contributed by atoms with Crippen molar-refractivity contribution in [3.8, 4) is 0 Å². The Balaban J connectivity index is 1.86. The van der Waals surface area contributed by atoms with Crippen LogP contribution in [0.4, 0.5) is 0 Å². The van der Waals surface area contributed by atoms with E-state index in [9.17, 15) is 14.4 Å². The van der Waals surface area contributed by atoms with Crippen molar-refractivity contribution in [1.29, 1.82) is 0 Å². The fourth-order valence-electron chi connectivity index (χ4n) is 2.86. The summed E-state index contributed by atoms with van der Waals surface area (Å²) in [6.45, 7) is 4.84. The Bertz CT molecular complexity index is 679. The number of esters is 1. The maximum atomic E-state index is 12.5. The van der Waals surface area contributed by atoms with Gasteiger partial charge in [-0.3, -0.25) is 14.4 Å². The maximum absolute atomic E-state index is 12.5. The van der Waals surface area contributed by atoms with Gasteiger partial charge < -0.3 is 19.0 Å². The number of furan rings is 1. The Morgan fingerprint density at radius 3 is 2.81 bits per heavy atom. The van der Waals surface area contributed by atoms with Gasteiger partial charge in [0.1, 0.15) is 11.5 Å². The lowest BCUT2D eigenvalue weighted by molar-refractivity contribution is -0.151. The zero-order chi connectivity index (χ0) is 19.1. The third-order valence-electron chi connectivity index (χ3n) is 4.29. The molecule has 0 spiro atoms. The minimum Gasteiger partial charge on any atom is -0.466 e. The van der Waals surface area contributed by atoms with Crippen molar-refractivity contribution in [2.45, 2.75) is 26.7 Å². The van der Waals surface area contributed by atoms with Gasteiger partial charge in [0.15, 0.2) is 0 Å². The van der Waals surface area contributed by atoms with E-state index in [-0.39, 0.29) is 30.2 Å². The first kappa shape index (κ1) is 19.8. The summed E-state index contributed by atoms with van der Waals surface area (Å²) < 4.78 is 10.4. The van der Waals surface area contributed by atoms with Crippen molar-refractivity contribution in [3.05, 3.63) is 29.7 Å². The summed E-state index contributed by atoms with van der Waals surface area (Å²) in [4.78, 5) is 39.5. The van der Waals surface area contributed by atoms with E-state index in [1.165, 1.54) is 11.0 Å². The molecule has 1 aliphatic heterocycles. The lowest BCUT2D eigenvalue weighted by Gasteiger charge is -2.32. The van der Waals surface area contributed by atoms with Gasteiger partial charge in [0.05, 0.1) is 19.1 Å². The highest BCUT2D eigenvalue weighted by Gasteiger charge is 2.29. The van der Waals surface area contributed by atoms with E-state index in [1.807, 2.05) is 13.0 Å². The van der Waals surface area contributed by atoms with Crippen molar-refractivity contribution in [1.82, 2.24) is 9.80 Å². The maximum Gasteiger partial charge on any atom is 0.310 e. The van der Waals surface area contributed by atoms with Gasteiger partial charge in [-0.1, -0.05) is 0 Å². The molecule has 7 heteroatoms. The molecule has 0 bridgehead atoms. The molecule has 0 N–H and O–H groups in total. The number of ether oxygens (including phenoxy) is 1. The summed E-state index contributed by atoms with van der Waals surface area (Å²) in [5.41, 5.74) is 0. The number of carbonyl (C=O) groups is 3. The van der Waals surface area contributed by atoms with Crippen LogP contribution in [0.1, 0.15) is 31.3 Å². The number of aryl methyl sites for hydroxylation is 1. The SMILES string of the molecule is CCOC(=O)[C@@H]1CCCN(C(=O)CN(C)C(=O)/C=C/c2ccc(C)o2)C1. The molecule has 0 unspecified atom stereocenters. The van der Waals surface area contributed by atoms with E-state index in [0.29, 0.717) is 25.5 Å². The molecule has 2 heterocycles. The van der Waals surface area contributed by atoms with Crippen molar-refractivity contribution in [2.75, 3.05) is 33.3 Å². The highest BCUT2D eigenvalue weighted by molar-refractivity contribution is 5.94. The lowest BCUT2D eigenvalue weighted by Crippen LogP contribution is -2.47. The highest BCUT2D eigenvalue weighted by Crippen LogP contribution is 2.18. The molecule has 26 heavy (non-hydrogen) atoms. The Morgan fingerprint density at radius 1 is 1.38 bits per heavy atom. The number of hydrogen-bond donors (Lipinski definition) is 0. The first-order chi connectivity index (χ1) is 12.4. The summed E-state index contributed by atoms with van der Waals surface area (Å²) in [5, 5.41) is 0. The van der Waals surface area contributed by atoms with Gasteiger partial charge in [0.25, 0.3) is 0 Å². The van der Waals surface area contributed by atoms with E-state index in [0.717, 1.165) is 18.6 Å². The van der Waals surface area contributed by atoms with Crippen LogP contribution in [0.15, 0.2) is 22.6 Å². The van der Waals surface area contributed by atoms with Crippen molar-refractivity contribution < 1.29 is 23.5 Å². The summed E-state index contributed by atoms with van der Waals surface area (Å²) in [5.74, 6) is 0.357. The molecule has 142 valence electrons. The first-order valence-electron chi connectivity index (χ1n) is 8.84. The Morgan fingerprint density at radius 2 is 2.15 bits per heavy atom. The van der Waals surface area contributed by atoms with Crippen LogP contribution in [-0.2, 0) is 19.1 Å². The molecule has 0 saturated carbocycles. The van der Waals surface area contributed by atoms with Crippen LogP contribution >= 0.6 is 0 Å². The number of hydrogen-bond acceptors (Lipinski definition) is 5. The van der Waals surface area contributed by atoms with E-state index < -0.39 is 0 Å². The summed E-state index contributed by atoms with van der Waals surface area (Å²) >= 11 is 0. The van der Waals surface area contributed by atoms with Crippen LogP contribution in [0.5, 0.6) is 0 Å². The molecule has 2 amide bonds. The number of rotatable bonds is 6. The third kappa shape index (κ3) is 5.47. The number of likely N-dealkylation sites (tertiary alicyclic amines) is 1. The fourth-order valence-corrected chi connectivity index (χ4v) is 2.86. The zero-order valence-electron chi connectivity index (χ0n) is 15.6. The second-order valence-electron chi connectivity index (χ2n) is 6.41. The lowest BCUT2D eigenvalue weighted by atomic mass is 9.98. The third-order valence-corrected chi connectivity index (χ3v) is 4.29. The van der Waals surface area contributed by atoms with Gasteiger partial charge in [0, 0.05) is 26.2 Å². The Hall–Kier alpha value is -2.57. The smallest absolute Gasteiger partial charge is 0.310 e. The van der Waals surface area contributed by atoms with Crippen molar-refractivity contribution in [2.24, 2.45) is 5.92 Å². The topological polar surface area (TPSA) is 80.1 Å². The summed E-state index contributed by atoms with van der Waals surface area (Å²) in [6, 6.07) is 3.58. The van der Waals surface area contributed by atoms with Gasteiger partial charge in [0.2, 0.25) is 11.8 Å². The molecule has 0 aromatic carbocycles. The molecule has 2 rings (SSSR count). The largest absolute Gasteiger partial charge is 0.466 e. The fraction of sp³-hybridized carbons (Fsp3) is 0.526. The number of amides is 2. The average Bonchev–Trinajstić information content (AvgIpc) is 3.05. The van der Waals surface area contributed by atoms with Crippen LogP contribution < -0.4 is 0 Å². The molecule has 0 radical (unpaired) electrons. The van der Waals surface area contributed by atoms with Gasteiger partial charge in [-0.25, -0.2) is 0 Å². The van der Waals surface area contributed by atoms with Gasteiger partial charge in [-0.15, -0.1) is 0 Å². The van der Waals surface area contributed by atoms with Gasteiger partial charge in [-0.2, -0.15) is 0 Å². The normalized spacial score (nSPS) is 17.3. The van der Waals surface area contributed by atoms with E-state index in [2.05, 4.69) is 0 Å². The minimum absolute atomic E-state index is 0.0318. The molecule has 7 nitrogen and oxygen atoms in total. The van der Waals surface area contributed by atoms with Crippen LogP contribution in [0.3, 0.4) is 0 Å². The molecular weight excluding hydrogens is 336 g/mol. The molecule has 1 fully saturated rings. The van der Waals surface area contributed by atoms with Crippen LogP contribution in [0, 0.1) is 12.8 Å². The second-order valence-corrected chi connectivity index (χ2v) is 6.41. The van der Waals surface area contributed by atoms with Crippen LogP contribution in [0.25, 0.3) is 6.08 Å². The van der Waals surface area contributed by atoms with E-state index >= 15 is 0 Å². The zero-order valence-corrected chi connectivity index (χ0v) is 15.6. The Kier molecular flexibility index (Phi) is 7.00. The number of nitrogens with zero attached hydrogens (tertiary/aromatic N) is 2. The van der Waals surface area contributed by atoms with Crippen LogP contribution in [0.2, 0.25) is 0 Å². The highest BCUT2D eigenvalue weighted by atomic mass is 16.5. The standard InChI is InChI=1S/C19H26N2O5/c1-4-25-19(24)15-6-5-11-21(12-15)18(23)13-20(3)17(22)10-9-16-8-7-14(2)26-16/h7-10,15H,4-6,11-13H2,1-3H3/b10-9+/t15-/m1/s1. The predicted octanol–water partition coefficient (Wildman–Crippen LogP) is 1.86. The molecule has 1 aliphatic rings. The predicted molar refractivity (Wildman–Crippen MR) is 96.1 cm³/mol. The summed E-state index contributed by atoms with van der Waals surface area (Å²) in [7, 11) is 1.57. The molecular formula is C19H26N2O5. The number of carbonyl (C=O) groups excluding carboxylic acids is 3. The van der Waals surface area contributed by atoms with E-state index in [1.54, 1.807) is 31.0 Å². The van der Waals surface area contributed by atoms with Crippen LogP contribution in [-0.4, -0.2) is 60.9 Å². The first-order valence-corrected chi connectivity index (χ1v) is 8.84. The van der Waals surface area contributed by atoms with E-state index in [4.69, 9.17) is 9.15 Å². The van der Waals surface area contributed by atoms with Gasteiger partial charge >= 0.3 is 5.97 Å². The number of likely N-dealkylation sites (N-methyl/N-ethyl adjacent to an activating group) is 1. The second kappa shape index (κ2) is 9.22.